The van der Waals surface area contributed by atoms with E-state index in [1.54, 1.807) is 18.2 Å². The van der Waals surface area contributed by atoms with E-state index in [4.69, 9.17) is 22.5 Å². The second-order valence-electron chi connectivity index (χ2n) is 2.41. The van der Waals surface area contributed by atoms with E-state index in [0.29, 0.717) is 5.02 Å². The van der Waals surface area contributed by atoms with Gasteiger partial charge in [0, 0.05) is 5.02 Å². The molecule has 0 saturated carbocycles. The summed E-state index contributed by atoms with van der Waals surface area (Å²) in [6.07, 6.45) is 3.23. The van der Waals surface area contributed by atoms with Crippen molar-refractivity contribution in [2.45, 2.75) is 0 Å². The minimum atomic E-state index is 0. The Morgan fingerprint density at radius 2 is 1.93 bits per heavy atom. The van der Waals surface area contributed by atoms with Crippen molar-refractivity contribution in [2.24, 2.45) is 10.9 Å². The number of halogens is 1. The largest absolute Gasteiger partial charge is 0.412 e. The third-order valence-electron chi connectivity index (χ3n) is 1.43. The van der Waals surface area contributed by atoms with Crippen LogP contribution in [0.3, 0.4) is 0 Å². The average Bonchev–Trinajstić information content (AvgIpc) is 2.16. The lowest BCUT2D eigenvalue weighted by atomic mass is 10.2. The number of rotatable bonds is 2. The number of nitrogens with zero attached hydrogens (tertiary/aromatic N) is 1. The molecule has 0 aromatic heterocycles. The van der Waals surface area contributed by atoms with Crippen LogP contribution in [-0.4, -0.2) is 16.5 Å². The lowest BCUT2D eigenvalue weighted by molar-refractivity contribution is 0.319. The highest BCUT2D eigenvalue weighted by atomic mass is 35.5. The number of nitrogens with two attached hydrogens (primary N) is 1. The molecule has 0 radical (unpaired) electrons. The maximum absolute atomic E-state index is 8.25. The van der Waals surface area contributed by atoms with Crippen molar-refractivity contribution >= 4 is 23.5 Å². The summed E-state index contributed by atoms with van der Waals surface area (Å²) in [6, 6.07) is 7.22. The number of hydrogen-bond donors (Lipinski definition) is 2. The van der Waals surface area contributed by atoms with Gasteiger partial charge in [0.25, 0.3) is 0 Å². The molecule has 14 heavy (non-hydrogen) atoms. The molecular weight excluding hydrogens is 204 g/mol. The minimum Gasteiger partial charge on any atom is -0.412 e. The van der Waals surface area contributed by atoms with E-state index in [1.807, 2.05) is 12.1 Å². The zero-order valence-corrected chi connectivity index (χ0v) is 8.07. The van der Waals surface area contributed by atoms with Gasteiger partial charge in [0.15, 0.2) is 5.84 Å². The van der Waals surface area contributed by atoms with E-state index in [0.717, 1.165) is 5.56 Å². The van der Waals surface area contributed by atoms with Crippen LogP contribution >= 0.6 is 11.6 Å². The van der Waals surface area contributed by atoms with Crippen molar-refractivity contribution in [1.29, 1.82) is 0 Å². The molecule has 0 atom stereocenters. The molecule has 76 valence electrons. The summed E-state index contributed by atoms with van der Waals surface area (Å²) in [7, 11) is 0. The molecule has 0 heterocycles. The number of oxime groups is 1. The monoisotopic (exact) mass is 214 g/mol. The van der Waals surface area contributed by atoms with E-state index in [1.165, 1.54) is 6.08 Å². The molecular formula is C9H11ClN2O2. The highest BCUT2D eigenvalue weighted by Crippen LogP contribution is 2.10. The number of amidine groups is 1. The third kappa shape index (κ3) is 3.93. The van der Waals surface area contributed by atoms with Crippen LogP contribution in [0, 0.1) is 0 Å². The second-order valence-corrected chi connectivity index (χ2v) is 2.85. The Hall–Kier alpha value is -1.52. The van der Waals surface area contributed by atoms with Crippen LogP contribution in [0.1, 0.15) is 5.56 Å². The van der Waals surface area contributed by atoms with Gasteiger partial charge >= 0.3 is 0 Å². The SMILES string of the molecule is NC(C=Cc1ccc(Cl)cc1)=NO.O. The Kier molecular flexibility index (Phi) is 5.36. The van der Waals surface area contributed by atoms with Crippen LogP contribution in [0.15, 0.2) is 35.5 Å². The minimum absolute atomic E-state index is 0. The van der Waals surface area contributed by atoms with Crippen LogP contribution in [0.4, 0.5) is 0 Å². The van der Waals surface area contributed by atoms with Gasteiger partial charge in [0.1, 0.15) is 0 Å². The first-order valence-electron chi connectivity index (χ1n) is 3.63. The summed E-state index contributed by atoms with van der Waals surface area (Å²) in [6.45, 7) is 0. The third-order valence-corrected chi connectivity index (χ3v) is 1.68. The summed E-state index contributed by atoms with van der Waals surface area (Å²) in [4.78, 5) is 0. The van der Waals surface area contributed by atoms with Gasteiger partial charge in [-0.25, -0.2) is 0 Å². The lowest BCUT2D eigenvalue weighted by Crippen LogP contribution is -2.06. The van der Waals surface area contributed by atoms with E-state index in [-0.39, 0.29) is 11.3 Å². The first kappa shape index (κ1) is 12.5. The van der Waals surface area contributed by atoms with E-state index in [9.17, 15) is 0 Å². The number of hydrogen-bond acceptors (Lipinski definition) is 2. The first-order chi connectivity index (χ1) is 6.22. The summed E-state index contributed by atoms with van der Waals surface area (Å²) in [5.74, 6) is 0.0648. The highest BCUT2D eigenvalue weighted by Gasteiger charge is 1.88. The molecule has 0 aliphatic rings. The summed E-state index contributed by atoms with van der Waals surface area (Å²) in [5, 5.41) is 11.7. The van der Waals surface area contributed by atoms with Gasteiger partial charge in [-0.1, -0.05) is 35.0 Å². The molecule has 0 fully saturated rings. The molecule has 0 aliphatic carbocycles. The lowest BCUT2D eigenvalue weighted by Gasteiger charge is -1.92. The molecule has 0 saturated heterocycles. The van der Waals surface area contributed by atoms with E-state index >= 15 is 0 Å². The van der Waals surface area contributed by atoms with Crippen LogP contribution < -0.4 is 5.73 Å². The van der Waals surface area contributed by atoms with Gasteiger partial charge in [-0.2, -0.15) is 0 Å². The first-order valence-corrected chi connectivity index (χ1v) is 4.01. The standard InChI is InChI=1S/C9H9ClN2O.H2O/c10-8-4-1-7(2-5-8)3-6-9(11)12-13;/h1-6,13H,(H2,11,12);1H2. The molecule has 1 rings (SSSR count). The Labute approximate surface area is 86.6 Å². The average molecular weight is 215 g/mol. The normalized spacial score (nSPS) is 11.4. The van der Waals surface area contributed by atoms with Gasteiger partial charge in [-0.15, -0.1) is 0 Å². The fourth-order valence-electron chi connectivity index (χ4n) is 0.789. The Balaban J connectivity index is 0.00000169. The smallest absolute Gasteiger partial charge is 0.162 e. The molecule has 5 heteroatoms. The molecule has 0 unspecified atom stereocenters. The molecule has 0 aliphatic heterocycles. The summed E-state index contributed by atoms with van der Waals surface area (Å²) in [5.41, 5.74) is 6.18. The van der Waals surface area contributed by atoms with Crippen molar-refractivity contribution in [2.75, 3.05) is 0 Å². The van der Waals surface area contributed by atoms with Crippen LogP contribution in [-0.2, 0) is 0 Å². The Morgan fingerprint density at radius 1 is 1.36 bits per heavy atom. The second kappa shape index (κ2) is 6.01. The summed E-state index contributed by atoms with van der Waals surface area (Å²) >= 11 is 5.69. The van der Waals surface area contributed by atoms with Crippen molar-refractivity contribution in [3.63, 3.8) is 0 Å². The fraction of sp³-hybridized carbons (Fsp3) is 0. The molecule has 1 aromatic carbocycles. The van der Waals surface area contributed by atoms with Gasteiger partial charge in [-0.3, -0.25) is 0 Å². The van der Waals surface area contributed by atoms with Crippen molar-refractivity contribution < 1.29 is 10.7 Å². The highest BCUT2D eigenvalue weighted by molar-refractivity contribution is 6.30. The van der Waals surface area contributed by atoms with Gasteiger partial charge < -0.3 is 16.4 Å². The molecule has 0 bridgehead atoms. The quantitative estimate of drug-likeness (QED) is 0.336. The zero-order chi connectivity index (χ0) is 9.68. The number of benzene rings is 1. The molecule has 4 nitrogen and oxygen atoms in total. The maximum atomic E-state index is 8.25. The van der Waals surface area contributed by atoms with E-state index in [2.05, 4.69) is 5.16 Å². The molecule has 1 aromatic rings. The molecule has 0 spiro atoms. The predicted octanol–water partition coefficient (Wildman–Crippen LogP) is 1.27. The fourth-order valence-corrected chi connectivity index (χ4v) is 0.915. The van der Waals surface area contributed by atoms with Crippen molar-refractivity contribution in [3.05, 3.63) is 40.9 Å². The van der Waals surface area contributed by atoms with Crippen molar-refractivity contribution in [1.82, 2.24) is 0 Å². The van der Waals surface area contributed by atoms with Crippen LogP contribution in [0.2, 0.25) is 5.02 Å². The van der Waals surface area contributed by atoms with Gasteiger partial charge in [-0.05, 0) is 23.8 Å². The molecule has 0 amide bonds. The van der Waals surface area contributed by atoms with Crippen LogP contribution in [0.5, 0.6) is 0 Å². The Bertz CT molecular complexity index is 333. The van der Waals surface area contributed by atoms with Crippen molar-refractivity contribution in [3.8, 4) is 0 Å². The van der Waals surface area contributed by atoms with Gasteiger partial charge in [0.05, 0.1) is 0 Å². The van der Waals surface area contributed by atoms with E-state index < -0.39 is 0 Å². The zero-order valence-electron chi connectivity index (χ0n) is 7.31. The topological polar surface area (TPSA) is 90.1 Å². The summed E-state index contributed by atoms with van der Waals surface area (Å²) < 4.78 is 0. The van der Waals surface area contributed by atoms with Gasteiger partial charge in [0.2, 0.25) is 0 Å². The maximum Gasteiger partial charge on any atom is 0.162 e. The predicted molar refractivity (Wildman–Crippen MR) is 57.5 cm³/mol. The molecule has 5 N–H and O–H groups in total. The Morgan fingerprint density at radius 3 is 2.43 bits per heavy atom. The van der Waals surface area contributed by atoms with Crippen LogP contribution in [0.25, 0.3) is 6.08 Å².